The van der Waals surface area contributed by atoms with Gasteiger partial charge < -0.3 is 15.5 Å². The van der Waals surface area contributed by atoms with Gasteiger partial charge in [-0.1, -0.05) is 18.2 Å². The van der Waals surface area contributed by atoms with Crippen LogP contribution in [0.2, 0.25) is 0 Å². The highest BCUT2D eigenvalue weighted by molar-refractivity contribution is 6.10. The SMILES string of the molecule is CC(NC(=O)CCC(=O)N1CC(=O)Nc2ccccc21)c1ccccn1. The molecule has 0 aliphatic carbocycles. The minimum absolute atomic E-state index is 0.0301. The summed E-state index contributed by atoms with van der Waals surface area (Å²) in [5.74, 6) is -0.732. The monoisotopic (exact) mass is 352 g/mol. The van der Waals surface area contributed by atoms with Crippen molar-refractivity contribution in [3.8, 4) is 0 Å². The van der Waals surface area contributed by atoms with Crippen molar-refractivity contribution in [2.75, 3.05) is 16.8 Å². The number of pyridine rings is 1. The first-order chi connectivity index (χ1) is 12.5. The number of rotatable bonds is 5. The number of fused-ring (bicyclic) bond motifs is 1. The Hall–Kier alpha value is -3.22. The molecule has 0 radical (unpaired) electrons. The Labute approximate surface area is 151 Å². The molecule has 2 N–H and O–H groups in total. The average Bonchev–Trinajstić information content (AvgIpc) is 2.66. The largest absolute Gasteiger partial charge is 0.348 e. The summed E-state index contributed by atoms with van der Waals surface area (Å²) in [6.45, 7) is 1.80. The molecule has 2 aromatic rings. The van der Waals surface area contributed by atoms with E-state index in [1.54, 1.807) is 30.5 Å². The number of carbonyl (C=O) groups is 3. The lowest BCUT2D eigenvalue weighted by molar-refractivity contribution is -0.126. The Kier molecular flexibility index (Phi) is 5.26. The highest BCUT2D eigenvalue weighted by Gasteiger charge is 2.26. The number of anilines is 2. The number of amides is 3. The Morgan fingerprint density at radius 1 is 1.19 bits per heavy atom. The van der Waals surface area contributed by atoms with Crippen LogP contribution in [-0.4, -0.2) is 29.3 Å². The Morgan fingerprint density at radius 2 is 1.96 bits per heavy atom. The number of aromatic nitrogens is 1. The van der Waals surface area contributed by atoms with Crippen molar-refractivity contribution in [3.63, 3.8) is 0 Å². The van der Waals surface area contributed by atoms with E-state index in [0.29, 0.717) is 11.4 Å². The summed E-state index contributed by atoms with van der Waals surface area (Å²) in [6.07, 6.45) is 1.75. The van der Waals surface area contributed by atoms with E-state index in [-0.39, 0.29) is 43.1 Å². The quantitative estimate of drug-likeness (QED) is 0.861. The van der Waals surface area contributed by atoms with Gasteiger partial charge in [-0.25, -0.2) is 0 Å². The number of hydrogen-bond acceptors (Lipinski definition) is 4. The summed E-state index contributed by atoms with van der Waals surface area (Å²) in [4.78, 5) is 42.1. The number of para-hydroxylation sites is 2. The average molecular weight is 352 g/mol. The Bertz CT molecular complexity index is 823. The molecule has 1 aromatic heterocycles. The lowest BCUT2D eigenvalue weighted by Crippen LogP contribution is -2.42. The topological polar surface area (TPSA) is 91.4 Å². The molecule has 1 aliphatic heterocycles. The minimum atomic E-state index is -0.257. The third-order valence-corrected chi connectivity index (χ3v) is 4.15. The standard InChI is InChI=1S/C19H20N4O3/c1-13(14-6-4-5-11-20-14)21-17(24)9-10-19(26)23-12-18(25)22-15-7-2-3-8-16(15)23/h2-8,11,13H,9-10,12H2,1H3,(H,21,24)(H,22,25). The van der Waals surface area contributed by atoms with E-state index in [0.717, 1.165) is 5.69 Å². The zero-order valence-electron chi connectivity index (χ0n) is 14.4. The van der Waals surface area contributed by atoms with Crippen LogP contribution in [0.4, 0.5) is 11.4 Å². The van der Waals surface area contributed by atoms with Crippen LogP contribution in [-0.2, 0) is 14.4 Å². The van der Waals surface area contributed by atoms with Crippen LogP contribution in [0.3, 0.4) is 0 Å². The van der Waals surface area contributed by atoms with E-state index < -0.39 is 0 Å². The van der Waals surface area contributed by atoms with E-state index in [1.807, 2.05) is 25.1 Å². The number of hydrogen-bond donors (Lipinski definition) is 2. The summed E-state index contributed by atoms with van der Waals surface area (Å²) in [6, 6.07) is 12.4. The second-order valence-electron chi connectivity index (χ2n) is 6.09. The van der Waals surface area contributed by atoms with E-state index in [9.17, 15) is 14.4 Å². The fraction of sp³-hybridized carbons (Fsp3) is 0.263. The van der Waals surface area contributed by atoms with Crippen LogP contribution in [0.5, 0.6) is 0 Å². The van der Waals surface area contributed by atoms with Crippen LogP contribution in [0.15, 0.2) is 48.7 Å². The van der Waals surface area contributed by atoms with Crippen LogP contribution in [0.1, 0.15) is 31.5 Å². The predicted octanol–water partition coefficient (Wildman–Crippen LogP) is 2.02. The van der Waals surface area contributed by atoms with Gasteiger partial charge in [0.1, 0.15) is 6.54 Å². The molecular weight excluding hydrogens is 332 g/mol. The van der Waals surface area contributed by atoms with Gasteiger partial charge in [0.25, 0.3) is 0 Å². The highest BCUT2D eigenvalue weighted by Crippen LogP contribution is 2.29. The maximum Gasteiger partial charge on any atom is 0.244 e. The van der Waals surface area contributed by atoms with Crippen molar-refractivity contribution < 1.29 is 14.4 Å². The molecule has 0 bridgehead atoms. The molecule has 7 nitrogen and oxygen atoms in total. The van der Waals surface area contributed by atoms with Crippen molar-refractivity contribution in [2.45, 2.75) is 25.8 Å². The summed E-state index contributed by atoms with van der Waals surface area (Å²) in [5, 5.41) is 5.57. The smallest absolute Gasteiger partial charge is 0.244 e. The highest BCUT2D eigenvalue weighted by atomic mass is 16.2. The first kappa shape index (κ1) is 17.6. The number of benzene rings is 1. The molecule has 1 unspecified atom stereocenters. The van der Waals surface area contributed by atoms with Crippen molar-refractivity contribution in [2.24, 2.45) is 0 Å². The maximum absolute atomic E-state index is 12.5. The van der Waals surface area contributed by atoms with Crippen LogP contribution in [0.25, 0.3) is 0 Å². The van der Waals surface area contributed by atoms with Crippen molar-refractivity contribution >= 4 is 29.1 Å². The summed E-state index contributed by atoms with van der Waals surface area (Å²) in [5.41, 5.74) is 2.01. The normalized spacial score (nSPS) is 14.2. The van der Waals surface area contributed by atoms with Gasteiger partial charge in [-0.3, -0.25) is 19.4 Å². The molecule has 2 heterocycles. The van der Waals surface area contributed by atoms with Gasteiger partial charge in [-0.2, -0.15) is 0 Å². The Morgan fingerprint density at radius 3 is 2.73 bits per heavy atom. The molecule has 1 aliphatic rings. The molecular formula is C19H20N4O3. The molecule has 0 fully saturated rings. The lowest BCUT2D eigenvalue weighted by Gasteiger charge is -2.29. The van der Waals surface area contributed by atoms with Crippen molar-refractivity contribution in [3.05, 3.63) is 54.4 Å². The van der Waals surface area contributed by atoms with Crippen LogP contribution >= 0.6 is 0 Å². The predicted molar refractivity (Wildman–Crippen MR) is 97.5 cm³/mol. The molecule has 0 spiro atoms. The van der Waals surface area contributed by atoms with Gasteiger partial charge in [0.05, 0.1) is 23.1 Å². The summed E-state index contributed by atoms with van der Waals surface area (Å²) < 4.78 is 0. The zero-order valence-corrected chi connectivity index (χ0v) is 14.4. The van der Waals surface area contributed by atoms with Gasteiger partial charge in [0, 0.05) is 19.0 Å². The van der Waals surface area contributed by atoms with Gasteiger partial charge in [-0.05, 0) is 31.2 Å². The maximum atomic E-state index is 12.5. The molecule has 134 valence electrons. The number of nitrogens with zero attached hydrogens (tertiary/aromatic N) is 2. The first-order valence-corrected chi connectivity index (χ1v) is 8.44. The van der Waals surface area contributed by atoms with E-state index >= 15 is 0 Å². The van der Waals surface area contributed by atoms with E-state index in [1.165, 1.54) is 4.90 Å². The minimum Gasteiger partial charge on any atom is -0.348 e. The van der Waals surface area contributed by atoms with E-state index in [2.05, 4.69) is 15.6 Å². The first-order valence-electron chi connectivity index (χ1n) is 8.44. The lowest BCUT2D eigenvalue weighted by atomic mass is 10.1. The van der Waals surface area contributed by atoms with Crippen LogP contribution in [0, 0.1) is 0 Å². The van der Waals surface area contributed by atoms with Gasteiger partial charge in [-0.15, -0.1) is 0 Å². The Balaban J connectivity index is 1.57. The van der Waals surface area contributed by atoms with Crippen molar-refractivity contribution in [1.82, 2.24) is 10.3 Å². The second kappa shape index (κ2) is 7.77. The third-order valence-electron chi connectivity index (χ3n) is 4.15. The second-order valence-corrected chi connectivity index (χ2v) is 6.09. The molecule has 0 saturated carbocycles. The van der Waals surface area contributed by atoms with Gasteiger partial charge >= 0.3 is 0 Å². The fourth-order valence-corrected chi connectivity index (χ4v) is 2.83. The molecule has 3 rings (SSSR count). The molecule has 3 amide bonds. The molecule has 0 saturated heterocycles. The summed E-state index contributed by atoms with van der Waals surface area (Å²) in [7, 11) is 0. The molecule has 1 aromatic carbocycles. The third kappa shape index (κ3) is 4.05. The fourth-order valence-electron chi connectivity index (χ4n) is 2.83. The van der Waals surface area contributed by atoms with Crippen LogP contribution < -0.4 is 15.5 Å². The van der Waals surface area contributed by atoms with Gasteiger partial charge in [0.15, 0.2) is 0 Å². The number of nitrogens with one attached hydrogen (secondary N) is 2. The molecule has 1 atom stereocenters. The van der Waals surface area contributed by atoms with Gasteiger partial charge in [0.2, 0.25) is 17.7 Å². The number of carbonyl (C=O) groups excluding carboxylic acids is 3. The zero-order chi connectivity index (χ0) is 18.5. The molecule has 7 heteroatoms. The summed E-state index contributed by atoms with van der Waals surface area (Å²) >= 11 is 0. The van der Waals surface area contributed by atoms with Crippen molar-refractivity contribution in [1.29, 1.82) is 0 Å². The van der Waals surface area contributed by atoms with E-state index in [4.69, 9.17) is 0 Å². The molecule has 26 heavy (non-hydrogen) atoms.